The first-order valence-electron chi connectivity index (χ1n) is 13.6. The molecule has 1 fully saturated rings. The van der Waals surface area contributed by atoms with Crippen molar-refractivity contribution in [2.75, 3.05) is 24.6 Å². The molecule has 0 amide bonds. The summed E-state index contributed by atoms with van der Waals surface area (Å²) in [5, 5.41) is 19.0. The molecule has 2 aromatic carbocycles. The van der Waals surface area contributed by atoms with E-state index < -0.39 is 0 Å². The van der Waals surface area contributed by atoms with Crippen molar-refractivity contribution < 1.29 is 4.74 Å². The number of hydrogen-bond donors (Lipinski definition) is 0. The highest BCUT2D eigenvalue weighted by Gasteiger charge is 2.15. The molecule has 0 saturated carbocycles. The molecule has 4 aromatic rings. The summed E-state index contributed by atoms with van der Waals surface area (Å²) in [6.45, 7) is 12.1. The van der Waals surface area contributed by atoms with Crippen LogP contribution >= 0.6 is 22.7 Å². The second-order valence-electron chi connectivity index (χ2n) is 11.4. The Bertz CT molecular complexity index is 1380. The van der Waals surface area contributed by atoms with Gasteiger partial charge in [0.05, 0.1) is 22.7 Å². The summed E-state index contributed by atoms with van der Waals surface area (Å²) < 4.78 is 6.97. The van der Waals surface area contributed by atoms with Crippen LogP contribution in [0.15, 0.2) is 75.1 Å². The highest BCUT2D eigenvalue weighted by atomic mass is 32.1. The van der Waals surface area contributed by atoms with Crippen LogP contribution in [0.5, 0.6) is 5.75 Å². The number of ether oxygens (including phenoxy) is 1. The smallest absolute Gasteiger partial charge is 0.231 e. The molecule has 1 aliphatic rings. The van der Waals surface area contributed by atoms with Crippen LogP contribution in [0.3, 0.4) is 0 Å². The van der Waals surface area contributed by atoms with Crippen molar-refractivity contribution >= 4 is 59.4 Å². The van der Waals surface area contributed by atoms with Gasteiger partial charge in [-0.3, -0.25) is 0 Å². The topological polar surface area (TPSA) is 74.8 Å². The average Bonchev–Trinajstić information content (AvgIpc) is 3.64. The van der Waals surface area contributed by atoms with Gasteiger partial charge in [-0.25, -0.2) is 4.98 Å². The number of rotatable bonds is 10. The molecular weight excluding hydrogens is 525 g/mol. The summed E-state index contributed by atoms with van der Waals surface area (Å²) in [7, 11) is 0. The number of hydrogen-bond acceptors (Lipinski definition) is 9. The van der Waals surface area contributed by atoms with E-state index in [9.17, 15) is 0 Å². The van der Waals surface area contributed by atoms with Crippen molar-refractivity contribution in [1.82, 2.24) is 4.98 Å². The predicted molar refractivity (Wildman–Crippen MR) is 164 cm³/mol. The lowest BCUT2D eigenvalue weighted by molar-refractivity contribution is 0.240. The Kier molecular flexibility index (Phi) is 8.67. The molecule has 0 aliphatic carbocycles. The first kappa shape index (κ1) is 27.4. The predicted octanol–water partition coefficient (Wildman–Crippen LogP) is 10.6. The molecule has 3 heterocycles. The van der Waals surface area contributed by atoms with Crippen molar-refractivity contribution in [3.8, 4) is 5.75 Å². The second-order valence-corrected chi connectivity index (χ2v) is 13.4. The molecule has 0 N–H and O–H groups in total. The monoisotopic (exact) mass is 560 g/mol. The fourth-order valence-electron chi connectivity index (χ4n) is 4.85. The SMILES string of the molecule is CC(CCOc1ccc(/N=N/c2cc3sc(/N=N/c4ccc(N5CCCC5)cc4)nc3s2)cc1)CC(C)(C)C. The zero-order valence-electron chi connectivity index (χ0n) is 23.1. The Labute approximate surface area is 238 Å². The van der Waals surface area contributed by atoms with Crippen LogP contribution < -0.4 is 9.64 Å². The molecule has 39 heavy (non-hydrogen) atoms. The summed E-state index contributed by atoms with van der Waals surface area (Å²) in [5.74, 6) is 1.51. The van der Waals surface area contributed by atoms with Gasteiger partial charge in [0.2, 0.25) is 5.13 Å². The average molecular weight is 561 g/mol. The zero-order valence-corrected chi connectivity index (χ0v) is 24.8. The van der Waals surface area contributed by atoms with Gasteiger partial charge < -0.3 is 9.64 Å². The highest BCUT2D eigenvalue weighted by Crippen LogP contribution is 2.39. The Morgan fingerprint density at radius 1 is 0.897 bits per heavy atom. The van der Waals surface area contributed by atoms with Gasteiger partial charge in [-0.1, -0.05) is 50.4 Å². The molecule has 9 heteroatoms. The van der Waals surface area contributed by atoms with Gasteiger partial charge in [0.15, 0.2) is 0 Å². The quantitative estimate of drug-likeness (QED) is 0.181. The van der Waals surface area contributed by atoms with E-state index in [1.165, 1.54) is 47.6 Å². The van der Waals surface area contributed by atoms with E-state index in [2.05, 4.69) is 70.2 Å². The number of aromatic nitrogens is 1. The van der Waals surface area contributed by atoms with Gasteiger partial charge in [0.25, 0.3) is 0 Å². The van der Waals surface area contributed by atoms with Crippen LogP contribution in [-0.2, 0) is 0 Å². The van der Waals surface area contributed by atoms with Gasteiger partial charge in [-0.05, 0) is 91.6 Å². The number of thiazole rings is 1. The summed E-state index contributed by atoms with van der Waals surface area (Å²) in [4.78, 5) is 7.91. The molecule has 0 radical (unpaired) electrons. The van der Waals surface area contributed by atoms with Crippen molar-refractivity contribution in [2.45, 2.75) is 53.4 Å². The first-order valence-corrected chi connectivity index (χ1v) is 15.3. The van der Waals surface area contributed by atoms with E-state index in [0.29, 0.717) is 16.5 Å². The van der Waals surface area contributed by atoms with Gasteiger partial charge in [-0.15, -0.1) is 20.5 Å². The third-order valence-electron chi connectivity index (χ3n) is 6.58. The van der Waals surface area contributed by atoms with Crippen LogP contribution in [0.4, 0.5) is 27.2 Å². The van der Waals surface area contributed by atoms with E-state index in [0.717, 1.165) is 57.8 Å². The summed E-state index contributed by atoms with van der Waals surface area (Å²) in [6.07, 6.45) is 4.79. The summed E-state index contributed by atoms with van der Waals surface area (Å²) in [6, 6.07) is 18.0. The number of nitrogens with zero attached hydrogens (tertiary/aromatic N) is 6. The normalized spacial score (nSPS) is 15.2. The Balaban J connectivity index is 1.12. The van der Waals surface area contributed by atoms with Gasteiger partial charge >= 0.3 is 0 Å². The second kappa shape index (κ2) is 12.3. The van der Waals surface area contributed by atoms with Gasteiger partial charge in [0, 0.05) is 18.8 Å². The number of azo groups is 2. The minimum Gasteiger partial charge on any atom is -0.494 e. The third-order valence-corrected chi connectivity index (χ3v) is 8.51. The summed E-state index contributed by atoms with van der Waals surface area (Å²) in [5.41, 5.74) is 3.23. The minimum absolute atomic E-state index is 0.355. The molecule has 0 bridgehead atoms. The number of benzene rings is 2. The van der Waals surface area contributed by atoms with Gasteiger partial charge in [-0.2, -0.15) is 0 Å². The van der Waals surface area contributed by atoms with Crippen LogP contribution in [0.25, 0.3) is 9.53 Å². The minimum atomic E-state index is 0.355. The Morgan fingerprint density at radius 2 is 1.56 bits per heavy atom. The van der Waals surface area contributed by atoms with Crippen molar-refractivity contribution in [2.24, 2.45) is 31.8 Å². The van der Waals surface area contributed by atoms with Crippen LogP contribution in [0, 0.1) is 11.3 Å². The Morgan fingerprint density at radius 3 is 2.23 bits per heavy atom. The molecule has 1 atom stereocenters. The van der Waals surface area contributed by atoms with Crippen molar-refractivity contribution in [3.05, 3.63) is 54.6 Å². The lowest BCUT2D eigenvalue weighted by Gasteiger charge is -2.23. The van der Waals surface area contributed by atoms with E-state index in [4.69, 9.17) is 4.74 Å². The number of anilines is 1. The lowest BCUT2D eigenvalue weighted by atomic mass is 9.84. The molecule has 0 spiro atoms. The maximum absolute atomic E-state index is 5.93. The van der Waals surface area contributed by atoms with E-state index >= 15 is 0 Å². The van der Waals surface area contributed by atoms with E-state index in [1.807, 2.05) is 42.5 Å². The largest absolute Gasteiger partial charge is 0.494 e. The lowest BCUT2D eigenvalue weighted by Crippen LogP contribution is -2.17. The van der Waals surface area contributed by atoms with E-state index in [-0.39, 0.29) is 0 Å². The fraction of sp³-hybridized carbons (Fsp3) is 0.433. The number of fused-ring (bicyclic) bond motifs is 1. The molecular formula is C30H36N6OS2. The maximum atomic E-state index is 5.93. The van der Waals surface area contributed by atoms with Crippen LogP contribution in [0.1, 0.15) is 53.4 Å². The number of thiophene rings is 1. The zero-order chi connectivity index (χ0) is 27.2. The summed E-state index contributed by atoms with van der Waals surface area (Å²) >= 11 is 3.01. The van der Waals surface area contributed by atoms with Crippen LogP contribution in [-0.4, -0.2) is 24.7 Å². The molecule has 204 valence electrons. The first-order chi connectivity index (χ1) is 18.8. The van der Waals surface area contributed by atoms with Crippen molar-refractivity contribution in [3.63, 3.8) is 0 Å². The highest BCUT2D eigenvalue weighted by molar-refractivity contribution is 7.30. The van der Waals surface area contributed by atoms with Crippen molar-refractivity contribution in [1.29, 1.82) is 0 Å². The van der Waals surface area contributed by atoms with E-state index in [1.54, 1.807) is 0 Å². The standard InChI is InChI=1S/C30H36N6OS2/c1-21(20-30(2,3)4)15-18-37-25-13-9-23(10-14-25)32-34-27-19-26-28(39-27)31-29(38-26)35-33-22-7-11-24(12-8-22)36-16-5-6-17-36/h7-14,19,21H,5-6,15-18,20H2,1-4H3/b34-32+,35-33+. The Hall–Kier alpha value is -3.17. The molecule has 7 nitrogen and oxygen atoms in total. The molecule has 5 rings (SSSR count). The van der Waals surface area contributed by atoms with Crippen LogP contribution in [0.2, 0.25) is 0 Å². The molecule has 1 aliphatic heterocycles. The third kappa shape index (κ3) is 7.92. The maximum Gasteiger partial charge on any atom is 0.231 e. The fourth-order valence-corrected chi connectivity index (χ4v) is 6.70. The molecule has 2 aromatic heterocycles. The van der Waals surface area contributed by atoms with Gasteiger partial charge in [0.1, 0.15) is 15.6 Å². The molecule has 1 saturated heterocycles. The molecule has 1 unspecified atom stereocenters.